The van der Waals surface area contributed by atoms with Crippen molar-refractivity contribution in [3.63, 3.8) is 0 Å². The van der Waals surface area contributed by atoms with Gasteiger partial charge in [0.15, 0.2) is 0 Å². The summed E-state index contributed by atoms with van der Waals surface area (Å²) < 4.78 is 30.2. The quantitative estimate of drug-likeness (QED) is 0.654. The second-order valence-corrected chi connectivity index (χ2v) is 8.60. The largest absolute Gasteiger partial charge is 0.389 e. The van der Waals surface area contributed by atoms with Crippen LogP contribution in [0.1, 0.15) is 55.4 Å². The lowest BCUT2D eigenvalue weighted by Gasteiger charge is -2.32. The van der Waals surface area contributed by atoms with Crippen LogP contribution >= 0.6 is 0 Å². The normalized spacial score (nSPS) is 25.5. The molecule has 162 valence electrons. The van der Waals surface area contributed by atoms with Crippen LogP contribution in [-0.2, 0) is 17.1 Å². The van der Waals surface area contributed by atoms with Crippen LogP contribution in [0.15, 0.2) is 70.9 Å². The zero-order valence-corrected chi connectivity index (χ0v) is 17.6. The van der Waals surface area contributed by atoms with Crippen molar-refractivity contribution >= 4 is 12.0 Å². The monoisotopic (exact) mass is 423 g/mol. The third-order valence-electron chi connectivity index (χ3n) is 6.30. The summed E-state index contributed by atoms with van der Waals surface area (Å²) in [5, 5.41) is 9.92. The molecule has 1 heterocycles. The van der Waals surface area contributed by atoms with Gasteiger partial charge in [-0.05, 0) is 56.1 Å². The topological polar surface area (TPSA) is 49.7 Å². The number of aliphatic hydroxyl groups is 1. The molecule has 0 saturated carbocycles. The summed E-state index contributed by atoms with van der Waals surface area (Å²) in [5.41, 5.74) is 2.42. The van der Waals surface area contributed by atoms with Gasteiger partial charge in [-0.15, -0.1) is 0 Å². The van der Waals surface area contributed by atoms with Crippen LogP contribution in [0, 0.1) is 11.8 Å². The Bertz CT molecular complexity index is 1010. The number of benzene rings is 1. The van der Waals surface area contributed by atoms with Crippen LogP contribution in [0.4, 0.5) is 8.78 Å². The highest BCUT2D eigenvalue weighted by Crippen LogP contribution is 2.44. The minimum absolute atomic E-state index is 0.138. The second kappa shape index (κ2) is 8.83. The fourth-order valence-corrected chi connectivity index (χ4v) is 4.68. The molecule has 0 radical (unpaired) electrons. The van der Waals surface area contributed by atoms with Crippen molar-refractivity contribution in [3.05, 3.63) is 82.6 Å². The molecular formula is C26H27F2NO2. The number of halogens is 2. The first-order valence-electron chi connectivity index (χ1n) is 10.8. The molecule has 1 aromatic carbocycles. The molecule has 0 spiro atoms. The Labute approximate surface area is 181 Å². The predicted octanol–water partition coefficient (Wildman–Crippen LogP) is 5.77. The first-order chi connectivity index (χ1) is 14.9. The maximum Gasteiger partial charge on any atom is 0.331 e. The van der Waals surface area contributed by atoms with Crippen LogP contribution in [0.3, 0.4) is 0 Å². The number of Topliss-reactive ketones (excluding diaryl/α,β-unsaturated/α-hetero) is 1. The summed E-state index contributed by atoms with van der Waals surface area (Å²) in [7, 11) is 0. The molecule has 0 saturated heterocycles. The van der Waals surface area contributed by atoms with Crippen LogP contribution in [0.2, 0.25) is 0 Å². The summed E-state index contributed by atoms with van der Waals surface area (Å²) in [6.07, 6.45) is 16.1. The fourth-order valence-electron chi connectivity index (χ4n) is 4.68. The van der Waals surface area contributed by atoms with Crippen molar-refractivity contribution in [1.82, 2.24) is 0 Å². The Morgan fingerprint density at radius 2 is 1.94 bits per heavy atom. The van der Waals surface area contributed by atoms with Crippen molar-refractivity contribution < 1.29 is 18.7 Å². The van der Waals surface area contributed by atoms with E-state index in [0.717, 1.165) is 24.8 Å². The molecule has 0 amide bonds. The molecule has 0 aromatic heterocycles. The highest BCUT2D eigenvalue weighted by Gasteiger charge is 2.51. The van der Waals surface area contributed by atoms with E-state index in [-0.39, 0.29) is 17.5 Å². The van der Waals surface area contributed by atoms with Gasteiger partial charge >= 0.3 is 5.92 Å². The lowest BCUT2D eigenvalue weighted by Crippen LogP contribution is -2.40. The molecule has 3 aliphatic rings. The van der Waals surface area contributed by atoms with Gasteiger partial charge in [-0.25, -0.2) is 0 Å². The summed E-state index contributed by atoms with van der Waals surface area (Å²) in [6.45, 7) is 1.45. The van der Waals surface area contributed by atoms with Gasteiger partial charge in [-0.3, -0.25) is 9.79 Å². The Balaban J connectivity index is 1.49. The van der Waals surface area contributed by atoms with Gasteiger partial charge in [0.2, 0.25) is 5.78 Å². The van der Waals surface area contributed by atoms with E-state index in [2.05, 4.69) is 17.1 Å². The van der Waals surface area contributed by atoms with Gasteiger partial charge in [0, 0.05) is 23.9 Å². The van der Waals surface area contributed by atoms with Crippen molar-refractivity contribution in [3.8, 4) is 0 Å². The molecule has 0 bridgehead atoms. The third kappa shape index (κ3) is 4.52. The van der Waals surface area contributed by atoms with E-state index in [1.807, 2.05) is 30.6 Å². The zero-order valence-electron chi connectivity index (χ0n) is 17.6. The van der Waals surface area contributed by atoms with E-state index in [0.29, 0.717) is 17.9 Å². The number of nitrogens with zero attached hydrogens (tertiary/aromatic N) is 1. The lowest BCUT2D eigenvalue weighted by molar-refractivity contribution is -0.151. The molecule has 0 fully saturated rings. The first kappa shape index (κ1) is 21.6. The number of alkyl halides is 2. The van der Waals surface area contributed by atoms with Crippen LogP contribution < -0.4 is 0 Å². The van der Waals surface area contributed by atoms with Crippen LogP contribution in [0.25, 0.3) is 0 Å². The molecule has 1 unspecified atom stereocenters. The van der Waals surface area contributed by atoms with E-state index in [1.165, 1.54) is 18.6 Å². The molecule has 4 rings (SSSR count). The maximum absolute atomic E-state index is 15.1. The van der Waals surface area contributed by atoms with E-state index in [1.54, 1.807) is 12.1 Å². The smallest absolute Gasteiger partial charge is 0.331 e. The highest BCUT2D eigenvalue weighted by molar-refractivity contribution is 5.92. The summed E-state index contributed by atoms with van der Waals surface area (Å²) in [4.78, 5) is 16.9. The number of aliphatic imine (C=N–C) groups is 1. The van der Waals surface area contributed by atoms with Crippen molar-refractivity contribution in [2.24, 2.45) is 16.8 Å². The number of carbonyl (C=O) groups is 1. The zero-order chi connectivity index (χ0) is 22.0. The first-order valence-corrected chi connectivity index (χ1v) is 10.8. The third-order valence-corrected chi connectivity index (χ3v) is 6.30. The van der Waals surface area contributed by atoms with Gasteiger partial charge in [-0.1, -0.05) is 59.7 Å². The van der Waals surface area contributed by atoms with Crippen LogP contribution in [0.5, 0.6) is 0 Å². The van der Waals surface area contributed by atoms with Gasteiger partial charge in [0.1, 0.15) is 0 Å². The lowest BCUT2D eigenvalue weighted by atomic mass is 9.75. The number of rotatable bonds is 5. The minimum atomic E-state index is -3.58. The fraction of sp³-hybridized carbons (Fsp3) is 0.385. The Morgan fingerprint density at radius 3 is 2.61 bits per heavy atom. The molecule has 3 atom stereocenters. The van der Waals surface area contributed by atoms with Gasteiger partial charge < -0.3 is 5.11 Å². The maximum atomic E-state index is 15.1. The average molecular weight is 424 g/mol. The SMILES string of the molecule is C[C@H](O)c1cccc2c1C(F)(F)C(=O)C(CC1=CCC=C(C[C@H]3C=CN=CC3)C=C1)C2. The molecule has 1 aromatic rings. The summed E-state index contributed by atoms with van der Waals surface area (Å²) in [5.74, 6) is -4.99. The summed E-state index contributed by atoms with van der Waals surface area (Å²) >= 11 is 0. The van der Waals surface area contributed by atoms with E-state index in [4.69, 9.17) is 0 Å². The molecule has 3 nitrogen and oxygen atoms in total. The van der Waals surface area contributed by atoms with Gasteiger partial charge in [-0.2, -0.15) is 8.78 Å². The average Bonchev–Trinajstić information content (AvgIpc) is 2.97. The van der Waals surface area contributed by atoms with Gasteiger partial charge in [0.05, 0.1) is 6.10 Å². The highest BCUT2D eigenvalue weighted by atomic mass is 19.3. The minimum Gasteiger partial charge on any atom is -0.389 e. The number of hydrogen-bond donors (Lipinski definition) is 1. The number of hydrogen-bond acceptors (Lipinski definition) is 3. The summed E-state index contributed by atoms with van der Waals surface area (Å²) in [6, 6.07) is 4.80. The van der Waals surface area contributed by atoms with Crippen molar-refractivity contribution in [2.75, 3.05) is 0 Å². The van der Waals surface area contributed by atoms with Crippen molar-refractivity contribution in [1.29, 1.82) is 0 Å². The standard InChI is InChI=1S/C26H27F2NO2/c1-17(30)23-7-3-6-21-16-22(25(31)26(27,28)24(21)23)15-19-5-2-4-18(8-9-19)14-20-10-12-29-13-11-20/h3-10,12-13,17,20,22,30H,2,11,14-16H2,1H3/t17-,20-,22?/m0/s1. The number of allylic oxidation sites excluding steroid dienone is 7. The molecule has 2 aliphatic carbocycles. The predicted molar refractivity (Wildman–Crippen MR) is 118 cm³/mol. The molecule has 31 heavy (non-hydrogen) atoms. The number of carbonyl (C=O) groups excluding carboxylic acids is 1. The second-order valence-electron chi connectivity index (χ2n) is 8.60. The van der Waals surface area contributed by atoms with Gasteiger partial charge in [0.25, 0.3) is 0 Å². The van der Waals surface area contributed by atoms with E-state index >= 15 is 8.78 Å². The Hall–Kier alpha value is -2.66. The number of aliphatic hydroxyl groups excluding tert-OH is 1. The Kier molecular flexibility index (Phi) is 6.15. The molecule has 1 N–H and O–H groups in total. The van der Waals surface area contributed by atoms with E-state index in [9.17, 15) is 9.90 Å². The molecule has 1 aliphatic heterocycles. The van der Waals surface area contributed by atoms with Crippen molar-refractivity contribution in [2.45, 2.75) is 51.1 Å². The number of fused-ring (bicyclic) bond motifs is 1. The molecule has 5 heteroatoms. The number of ketones is 1. The Morgan fingerprint density at radius 1 is 1.19 bits per heavy atom. The van der Waals surface area contributed by atoms with E-state index < -0.39 is 23.7 Å². The van der Waals surface area contributed by atoms with Crippen LogP contribution in [-0.4, -0.2) is 17.1 Å². The molecular weight excluding hydrogens is 396 g/mol.